The van der Waals surface area contributed by atoms with Gasteiger partial charge in [0.05, 0.1) is 31.1 Å². The van der Waals surface area contributed by atoms with Crippen LogP contribution < -0.4 is 32.3 Å². The van der Waals surface area contributed by atoms with Gasteiger partial charge in [0.15, 0.2) is 0 Å². The van der Waals surface area contributed by atoms with Gasteiger partial charge in [-0.25, -0.2) is 9.59 Å². The minimum atomic E-state index is -2.81. The van der Waals surface area contributed by atoms with Crippen molar-refractivity contribution in [2.24, 2.45) is 29.4 Å². The number of nitrogens with two attached hydrogens (primary N) is 1. The number of rotatable bonds is 28. The van der Waals surface area contributed by atoms with Crippen LogP contribution >= 0.6 is 0 Å². The van der Waals surface area contributed by atoms with E-state index in [4.69, 9.17) is 19.9 Å². The summed E-state index contributed by atoms with van der Waals surface area (Å²) in [5, 5.41) is 13.9. The van der Waals surface area contributed by atoms with Gasteiger partial charge in [-0.15, -0.1) is 0 Å². The van der Waals surface area contributed by atoms with E-state index >= 15 is 0 Å². The predicted octanol–water partition coefficient (Wildman–Crippen LogP) is 6.01. The molecule has 0 unspecified atom stereocenters. The summed E-state index contributed by atoms with van der Waals surface area (Å²) in [5.41, 5.74) is 5.44. The highest BCUT2D eigenvalue weighted by Gasteiger charge is 2.39. The first kappa shape index (κ1) is 57.4. The Labute approximate surface area is 395 Å². The molecule has 0 spiro atoms. The van der Waals surface area contributed by atoms with Crippen LogP contribution in [0.15, 0.2) is 30.3 Å². The summed E-state index contributed by atoms with van der Waals surface area (Å²) >= 11 is 0. The molecule has 7 amide bonds. The second-order valence-electron chi connectivity index (χ2n) is 19.3. The highest BCUT2D eigenvalue weighted by Crippen LogP contribution is 2.28. The van der Waals surface area contributed by atoms with Crippen LogP contribution in [0.2, 0.25) is 6.04 Å². The summed E-state index contributed by atoms with van der Waals surface area (Å²) in [4.78, 5) is 93.6. The molecule has 66 heavy (non-hydrogen) atoms. The molecule has 1 saturated carbocycles. The largest absolute Gasteiger partial charge is 0.445 e. The number of hydrogen-bond acceptors (Lipinski definition) is 10. The Hall–Kier alpha value is -4.71. The molecule has 374 valence electrons. The van der Waals surface area contributed by atoms with Gasteiger partial charge in [0, 0.05) is 19.6 Å². The van der Waals surface area contributed by atoms with E-state index < -0.39 is 74.6 Å². The first-order valence-electron chi connectivity index (χ1n) is 24.2. The molecule has 0 aromatic heterocycles. The molecule has 0 bridgehead atoms. The molecule has 7 N–H and O–H groups in total. The van der Waals surface area contributed by atoms with Crippen LogP contribution in [-0.2, 0) is 40.0 Å². The number of alkyl carbamates (subject to hydrolysis) is 2. The zero-order chi connectivity index (χ0) is 49.4. The van der Waals surface area contributed by atoms with E-state index in [1.54, 1.807) is 44.5 Å². The lowest BCUT2D eigenvalue weighted by molar-refractivity contribution is -0.136. The Morgan fingerprint density at radius 1 is 0.833 bits per heavy atom. The van der Waals surface area contributed by atoms with Gasteiger partial charge in [0.2, 0.25) is 38.1 Å². The summed E-state index contributed by atoms with van der Waals surface area (Å²) in [6.45, 7) is 16.9. The maximum Gasteiger partial charge on any atom is 0.407 e. The van der Waals surface area contributed by atoms with Gasteiger partial charge < -0.3 is 51.1 Å². The summed E-state index contributed by atoms with van der Waals surface area (Å²) in [7, 11) is -1.15. The number of carbonyl (C=O) groups is 7. The molecule has 1 aliphatic carbocycles. The van der Waals surface area contributed by atoms with Crippen LogP contribution in [0, 0.1) is 23.7 Å². The fourth-order valence-electron chi connectivity index (χ4n) is 7.94. The molecule has 1 aliphatic rings. The molecule has 17 nitrogen and oxygen atoms in total. The van der Waals surface area contributed by atoms with E-state index in [2.05, 4.69) is 33.5 Å². The molecular weight excluding hydrogens is 863 g/mol. The number of benzene rings is 1. The third-order valence-corrected chi connectivity index (χ3v) is 15.2. The molecule has 7 atom stereocenters. The maximum atomic E-state index is 14.5. The third kappa shape index (κ3) is 21.7. The van der Waals surface area contributed by atoms with Gasteiger partial charge in [-0.05, 0) is 76.8 Å². The number of carbonyl (C=O) groups excluding carboxylic acids is 7. The van der Waals surface area contributed by atoms with Crippen LogP contribution in [0.5, 0.6) is 0 Å². The van der Waals surface area contributed by atoms with Crippen molar-refractivity contribution < 1.29 is 47.8 Å². The van der Waals surface area contributed by atoms with Crippen molar-refractivity contribution >= 4 is 50.3 Å². The highest BCUT2D eigenvalue weighted by molar-refractivity contribution is 6.89. The molecule has 2 rings (SSSR count). The Bertz CT molecular complexity index is 1670. The van der Waals surface area contributed by atoms with Crippen molar-refractivity contribution in [3.05, 3.63) is 35.9 Å². The Morgan fingerprint density at radius 3 is 2.08 bits per heavy atom. The monoisotopic (exact) mass is 946 g/mol. The van der Waals surface area contributed by atoms with Gasteiger partial charge in [0.1, 0.15) is 24.3 Å². The molecule has 0 heterocycles. The van der Waals surface area contributed by atoms with E-state index in [0.29, 0.717) is 31.7 Å². The SMILES string of the molecule is CCCCCC[C@@H](OC[C@@H](C)NC(=O)[C@@H](CC)CNC(=O)OC(C)(C)C)[C@@H](C)C(=O)N(C)[Si@@H](CC(C)C)C(=O)N[C@H](C(=O)N[C@@H](CNC(=O)OCc1ccccc1)C(N)=O)C1CCCCC1. The lowest BCUT2D eigenvalue weighted by Crippen LogP contribution is -2.61. The van der Waals surface area contributed by atoms with E-state index in [9.17, 15) is 33.6 Å². The average Bonchev–Trinajstić information content (AvgIpc) is 3.26. The number of hydrogen-bond donors (Lipinski definition) is 6. The second kappa shape index (κ2) is 29.8. The van der Waals surface area contributed by atoms with Crippen LogP contribution in [0.3, 0.4) is 0 Å². The number of primary amides is 1. The van der Waals surface area contributed by atoms with Crippen LogP contribution in [-0.4, -0.2) is 111 Å². The highest BCUT2D eigenvalue weighted by atomic mass is 28.3. The quantitative estimate of drug-likeness (QED) is 0.0423. The molecule has 0 saturated heterocycles. The zero-order valence-electron chi connectivity index (χ0n) is 41.5. The maximum absolute atomic E-state index is 14.5. The van der Waals surface area contributed by atoms with Crippen molar-refractivity contribution in [1.29, 1.82) is 0 Å². The van der Waals surface area contributed by atoms with Crippen molar-refractivity contribution in [3.8, 4) is 0 Å². The van der Waals surface area contributed by atoms with E-state index in [-0.39, 0.29) is 55.5 Å². The number of nitrogens with zero attached hydrogens (tertiary/aromatic N) is 1. The number of unbranched alkanes of at least 4 members (excludes halogenated alkanes) is 3. The molecule has 1 fully saturated rings. The van der Waals surface area contributed by atoms with Crippen LogP contribution in [0.1, 0.15) is 139 Å². The summed E-state index contributed by atoms with van der Waals surface area (Å²) in [6.07, 6.45) is 7.18. The predicted molar refractivity (Wildman–Crippen MR) is 257 cm³/mol. The van der Waals surface area contributed by atoms with E-state index in [0.717, 1.165) is 50.5 Å². The smallest absolute Gasteiger partial charge is 0.407 e. The number of amides is 7. The normalized spacial score (nSPS) is 16.3. The first-order chi connectivity index (χ1) is 31.2. The fraction of sp³-hybridized carbons (Fsp3) is 0.729. The van der Waals surface area contributed by atoms with Gasteiger partial charge in [-0.2, -0.15) is 0 Å². The Balaban J connectivity index is 2.21. The van der Waals surface area contributed by atoms with Gasteiger partial charge in [0.25, 0.3) is 0 Å². The molecule has 0 aliphatic heterocycles. The standard InChI is InChI=1S/C48H83N7O10Si/c1-11-13-14-21-26-39(63-29-33(5)52-42(57)36(12-2)27-50-46(61)65-48(7,8)9)34(6)44(59)55(10)66(31-32(3)4)47(62)54-40(37-24-19-16-20-25-37)43(58)53-38(41(49)56)28-51-45(60)64-30-35-22-17-15-18-23-35/h15,17-18,22-23,32-34,36-40,66H,11-14,16,19-21,24-31H2,1-10H3,(H2,49,56)(H,50,61)(H,51,60)(H,52,57)(H,53,58)(H,54,62)/t33-,34-,36+,38+,39-,40+,66+/m1/s1. The average molecular weight is 946 g/mol. The molecule has 18 heteroatoms. The number of ether oxygens (including phenoxy) is 3. The molecule has 1 aromatic rings. The van der Waals surface area contributed by atoms with Crippen molar-refractivity contribution in [2.45, 2.75) is 175 Å². The third-order valence-electron chi connectivity index (χ3n) is 11.8. The minimum Gasteiger partial charge on any atom is -0.445 e. The minimum absolute atomic E-state index is 0.0113. The summed E-state index contributed by atoms with van der Waals surface area (Å²) < 4.78 is 18.6. The lowest BCUT2D eigenvalue weighted by Gasteiger charge is -2.35. The van der Waals surface area contributed by atoms with Gasteiger partial charge >= 0.3 is 12.2 Å². The van der Waals surface area contributed by atoms with Crippen molar-refractivity contribution in [1.82, 2.24) is 31.1 Å². The second-order valence-corrected chi connectivity index (χ2v) is 22.1. The van der Waals surface area contributed by atoms with Crippen LogP contribution in [0.25, 0.3) is 0 Å². The van der Waals surface area contributed by atoms with Gasteiger partial charge in [-0.1, -0.05) is 110 Å². The lowest BCUT2D eigenvalue weighted by atomic mass is 9.83. The fourth-order valence-corrected chi connectivity index (χ4v) is 10.6. The van der Waals surface area contributed by atoms with Crippen molar-refractivity contribution in [3.63, 3.8) is 0 Å². The first-order valence-corrected chi connectivity index (χ1v) is 26.1. The summed E-state index contributed by atoms with van der Waals surface area (Å²) in [5.74, 6) is -3.21. The topological polar surface area (TPSA) is 237 Å². The Morgan fingerprint density at radius 2 is 1.48 bits per heavy atom. The van der Waals surface area contributed by atoms with E-state index in [1.807, 2.05) is 52.8 Å². The zero-order valence-corrected chi connectivity index (χ0v) is 42.7. The van der Waals surface area contributed by atoms with Gasteiger partial charge in [-0.3, -0.25) is 24.0 Å². The molecule has 1 aromatic carbocycles. The number of nitrogens with one attached hydrogen (secondary N) is 5. The van der Waals surface area contributed by atoms with Crippen molar-refractivity contribution in [2.75, 3.05) is 26.7 Å². The van der Waals surface area contributed by atoms with Crippen LogP contribution in [0.4, 0.5) is 14.4 Å². The Kier molecular flexibility index (Phi) is 25.9. The molecular formula is C48H83N7O10Si. The molecule has 0 radical (unpaired) electrons. The van der Waals surface area contributed by atoms with E-state index in [1.165, 1.54) is 0 Å². The summed E-state index contributed by atoms with van der Waals surface area (Å²) in [6, 6.07) is 6.85.